The van der Waals surface area contributed by atoms with Gasteiger partial charge in [-0.1, -0.05) is 12.1 Å². The zero-order valence-corrected chi connectivity index (χ0v) is 16.9. The Labute approximate surface area is 174 Å². The Kier molecular flexibility index (Phi) is 8.33. The van der Waals surface area contributed by atoms with Crippen LogP contribution in [0, 0.1) is 0 Å². The van der Waals surface area contributed by atoms with E-state index in [0.29, 0.717) is 30.9 Å². The Bertz CT molecular complexity index is 866. The molecule has 0 heterocycles. The quantitative estimate of drug-likeness (QED) is 0.493. The fourth-order valence-corrected chi connectivity index (χ4v) is 2.48. The Hall–Kier alpha value is -3.43. The third-order valence-electron chi connectivity index (χ3n) is 4.16. The van der Waals surface area contributed by atoms with Crippen LogP contribution in [0.25, 0.3) is 0 Å². The van der Waals surface area contributed by atoms with Gasteiger partial charge in [0.2, 0.25) is 5.91 Å². The Balaban J connectivity index is 1.83. The lowest BCUT2D eigenvalue weighted by atomic mass is 10.1. The van der Waals surface area contributed by atoms with Crippen LogP contribution < -0.4 is 16.4 Å². The number of hydrogen-bond acceptors (Lipinski definition) is 6. The molecule has 0 saturated heterocycles. The molecule has 0 spiro atoms. The molecule has 2 aromatic carbocycles. The average Bonchev–Trinajstić information content (AvgIpc) is 2.69. The number of benzene rings is 2. The minimum atomic E-state index is -1.04. The smallest absolute Gasteiger partial charge is 0.411 e. The minimum absolute atomic E-state index is 0.132. The van der Waals surface area contributed by atoms with E-state index >= 15 is 0 Å². The molecule has 0 aromatic heterocycles. The number of carboxylic acid groups (broad SMARTS) is 1. The first-order chi connectivity index (χ1) is 14.2. The average molecular weight is 414 g/mol. The maximum absolute atomic E-state index is 12.3. The number of anilines is 2. The molecule has 0 saturated carbocycles. The molecule has 2 aromatic rings. The summed E-state index contributed by atoms with van der Waals surface area (Å²) >= 11 is 0. The van der Waals surface area contributed by atoms with Crippen LogP contribution in [-0.4, -0.2) is 61.3 Å². The van der Waals surface area contributed by atoms with Crippen LogP contribution in [0.5, 0.6) is 0 Å². The van der Waals surface area contributed by atoms with E-state index in [1.165, 1.54) is 24.3 Å². The molecule has 9 nitrogen and oxygen atoms in total. The van der Waals surface area contributed by atoms with E-state index in [4.69, 9.17) is 15.6 Å². The van der Waals surface area contributed by atoms with Crippen LogP contribution in [0.4, 0.5) is 16.2 Å². The van der Waals surface area contributed by atoms with Crippen molar-refractivity contribution < 1.29 is 24.2 Å². The number of nitrogens with two attached hydrogens (primary N) is 1. The van der Waals surface area contributed by atoms with Gasteiger partial charge in [0.05, 0.1) is 11.6 Å². The van der Waals surface area contributed by atoms with Gasteiger partial charge in [-0.05, 0) is 62.5 Å². The molecule has 1 unspecified atom stereocenters. The van der Waals surface area contributed by atoms with E-state index in [0.717, 1.165) is 5.56 Å². The number of carbonyl (C=O) groups excluding carboxylic acids is 2. The molecule has 160 valence electrons. The highest BCUT2D eigenvalue weighted by Gasteiger charge is 2.15. The normalized spacial score (nSPS) is 11.6. The monoisotopic (exact) mass is 414 g/mol. The van der Waals surface area contributed by atoms with Gasteiger partial charge in [-0.25, -0.2) is 9.59 Å². The molecular weight excluding hydrogens is 388 g/mol. The molecule has 0 aliphatic heterocycles. The first-order valence-corrected chi connectivity index (χ1v) is 9.32. The highest BCUT2D eigenvalue weighted by atomic mass is 16.5. The zero-order chi connectivity index (χ0) is 22.1. The molecule has 0 radical (unpaired) electrons. The van der Waals surface area contributed by atoms with E-state index in [1.807, 2.05) is 19.0 Å². The molecule has 2 amide bonds. The van der Waals surface area contributed by atoms with Crippen LogP contribution in [0.1, 0.15) is 15.9 Å². The summed E-state index contributed by atoms with van der Waals surface area (Å²) in [6.45, 7) is 0.927. The van der Waals surface area contributed by atoms with Crippen LogP contribution in [-0.2, 0) is 16.0 Å². The van der Waals surface area contributed by atoms with Crippen molar-refractivity contribution >= 4 is 29.3 Å². The van der Waals surface area contributed by atoms with Gasteiger partial charge >= 0.3 is 12.1 Å². The van der Waals surface area contributed by atoms with Gasteiger partial charge in [-0.15, -0.1) is 0 Å². The summed E-state index contributed by atoms with van der Waals surface area (Å²) in [5, 5.41) is 14.2. The summed E-state index contributed by atoms with van der Waals surface area (Å²) in [6.07, 6.45) is -0.235. The number of carbonyl (C=O) groups is 3. The van der Waals surface area contributed by atoms with Crippen LogP contribution in [0.15, 0.2) is 48.5 Å². The van der Waals surface area contributed by atoms with Crippen LogP contribution >= 0.6 is 0 Å². The first kappa shape index (κ1) is 22.9. The van der Waals surface area contributed by atoms with E-state index in [-0.39, 0.29) is 11.5 Å². The van der Waals surface area contributed by atoms with Gasteiger partial charge < -0.3 is 25.8 Å². The molecule has 0 fully saturated rings. The summed E-state index contributed by atoms with van der Waals surface area (Å²) in [4.78, 5) is 36.8. The second-order valence-corrected chi connectivity index (χ2v) is 6.94. The van der Waals surface area contributed by atoms with Crippen LogP contribution in [0.3, 0.4) is 0 Å². The summed E-state index contributed by atoms with van der Waals surface area (Å²) < 4.78 is 5.06. The number of nitrogens with one attached hydrogen (secondary N) is 2. The molecule has 5 N–H and O–H groups in total. The minimum Gasteiger partial charge on any atom is -0.478 e. The Morgan fingerprint density at radius 1 is 1.00 bits per heavy atom. The molecule has 0 bridgehead atoms. The number of ether oxygens (including phenoxy) is 1. The Morgan fingerprint density at radius 2 is 1.57 bits per heavy atom. The lowest BCUT2D eigenvalue weighted by Gasteiger charge is -2.13. The third-order valence-corrected chi connectivity index (χ3v) is 4.16. The highest BCUT2D eigenvalue weighted by molar-refractivity contribution is 5.95. The second-order valence-electron chi connectivity index (χ2n) is 6.94. The summed E-state index contributed by atoms with van der Waals surface area (Å²) in [6, 6.07) is 12.0. The van der Waals surface area contributed by atoms with Crippen molar-refractivity contribution in [2.75, 3.05) is 37.9 Å². The SMILES string of the molecule is CN(C)CCOC(=O)Nc1ccc(CC(N)C(=O)Nc2ccc(C(=O)O)cc2)cc1. The van der Waals surface area contributed by atoms with Crippen molar-refractivity contribution in [3.05, 3.63) is 59.7 Å². The fraction of sp³-hybridized carbons (Fsp3) is 0.286. The van der Waals surface area contributed by atoms with Gasteiger partial charge in [0.25, 0.3) is 0 Å². The van der Waals surface area contributed by atoms with Crippen LogP contribution in [0.2, 0.25) is 0 Å². The molecule has 2 rings (SSSR count). The Morgan fingerprint density at radius 3 is 2.13 bits per heavy atom. The molecule has 1 atom stereocenters. The standard InChI is InChI=1S/C21H26N4O5/c1-25(2)11-12-30-21(29)24-17-7-3-14(4-8-17)13-18(22)19(26)23-16-9-5-15(6-10-16)20(27)28/h3-10,18H,11-13,22H2,1-2H3,(H,23,26)(H,24,29)(H,27,28). The lowest BCUT2D eigenvalue weighted by Crippen LogP contribution is -2.37. The van der Waals surface area contributed by atoms with Crippen molar-refractivity contribution in [2.24, 2.45) is 5.73 Å². The number of amides is 2. The molecule has 0 aliphatic rings. The van der Waals surface area contributed by atoms with Crippen molar-refractivity contribution in [2.45, 2.75) is 12.5 Å². The summed E-state index contributed by atoms with van der Waals surface area (Å²) in [5.41, 5.74) is 7.97. The second kappa shape index (κ2) is 10.9. The molecule has 9 heteroatoms. The van der Waals surface area contributed by atoms with E-state index in [2.05, 4.69) is 10.6 Å². The van der Waals surface area contributed by atoms with Gasteiger partial charge in [0.1, 0.15) is 6.61 Å². The zero-order valence-electron chi connectivity index (χ0n) is 16.9. The predicted octanol–water partition coefficient (Wildman–Crippen LogP) is 2.00. The van der Waals surface area contributed by atoms with E-state index in [9.17, 15) is 14.4 Å². The van der Waals surface area contributed by atoms with Crippen molar-refractivity contribution in [1.82, 2.24) is 4.90 Å². The largest absolute Gasteiger partial charge is 0.478 e. The number of rotatable bonds is 9. The van der Waals surface area contributed by atoms with E-state index < -0.39 is 18.1 Å². The third kappa shape index (κ3) is 7.53. The van der Waals surface area contributed by atoms with Gasteiger partial charge in [0, 0.05) is 17.9 Å². The molecule has 0 aliphatic carbocycles. The lowest BCUT2D eigenvalue weighted by molar-refractivity contribution is -0.117. The van der Waals surface area contributed by atoms with E-state index in [1.54, 1.807) is 24.3 Å². The van der Waals surface area contributed by atoms with Gasteiger partial charge in [-0.3, -0.25) is 10.1 Å². The molecular formula is C21H26N4O5. The maximum Gasteiger partial charge on any atom is 0.411 e. The molecule has 30 heavy (non-hydrogen) atoms. The summed E-state index contributed by atoms with van der Waals surface area (Å²) in [5.74, 6) is -1.42. The first-order valence-electron chi connectivity index (χ1n) is 9.32. The highest BCUT2D eigenvalue weighted by Crippen LogP contribution is 2.13. The fourth-order valence-electron chi connectivity index (χ4n) is 2.48. The number of likely N-dealkylation sites (N-methyl/N-ethyl adjacent to an activating group) is 1. The van der Waals surface area contributed by atoms with Crippen molar-refractivity contribution in [3.63, 3.8) is 0 Å². The van der Waals surface area contributed by atoms with Crippen molar-refractivity contribution in [3.8, 4) is 0 Å². The number of carboxylic acids is 1. The van der Waals surface area contributed by atoms with Gasteiger partial charge in [-0.2, -0.15) is 0 Å². The maximum atomic E-state index is 12.3. The summed E-state index contributed by atoms with van der Waals surface area (Å²) in [7, 11) is 3.78. The van der Waals surface area contributed by atoms with Crippen molar-refractivity contribution in [1.29, 1.82) is 0 Å². The number of aromatic carboxylic acids is 1. The van der Waals surface area contributed by atoms with Gasteiger partial charge in [0.15, 0.2) is 0 Å². The predicted molar refractivity (Wildman–Crippen MR) is 114 cm³/mol. The topological polar surface area (TPSA) is 134 Å². The number of hydrogen-bond donors (Lipinski definition) is 4. The number of nitrogens with zero attached hydrogens (tertiary/aromatic N) is 1.